The number of carbonyl (C=O) groups excluding carboxylic acids is 3. The minimum Gasteiger partial charge on any atom is -0.503 e. The van der Waals surface area contributed by atoms with E-state index in [9.17, 15) is 19.5 Å². The zero-order chi connectivity index (χ0) is 28.2. The summed E-state index contributed by atoms with van der Waals surface area (Å²) in [6.07, 6.45) is 4.06. The second kappa shape index (κ2) is 15.1. The Morgan fingerprint density at radius 2 is 1.87 bits per heavy atom. The fraction of sp³-hybridized carbons (Fsp3) is 0.517. The molecule has 1 saturated heterocycles. The van der Waals surface area contributed by atoms with Crippen LogP contribution in [0.15, 0.2) is 42.6 Å². The molecule has 3 rings (SSSR count). The standard InChI is InChI=1S/C29H38N2O8/c1-4-5-11-18-37-26-19(2)38-29(35)21(31-27(33)24-25(32)22(36-3)16-17-30-24)14-9-10-15-23(26)39-28(34)20-12-7-6-8-13-20/h6-8,12-13,16-17,19,21,23,26,32H,4-5,9-11,14-15,18H2,1-3H3,(H,31,33)/t19-,21-,23-,26-/m0/s1. The van der Waals surface area contributed by atoms with Crippen molar-refractivity contribution in [2.75, 3.05) is 13.7 Å². The van der Waals surface area contributed by atoms with E-state index in [4.69, 9.17) is 18.9 Å². The topological polar surface area (TPSA) is 133 Å². The molecule has 1 fully saturated rings. The number of methoxy groups -OCH3 is 1. The highest BCUT2D eigenvalue weighted by atomic mass is 16.6. The third kappa shape index (κ3) is 8.41. The van der Waals surface area contributed by atoms with Crippen molar-refractivity contribution in [3.05, 3.63) is 53.9 Å². The quantitative estimate of drug-likeness (QED) is 0.335. The number of hydrogen-bond acceptors (Lipinski definition) is 9. The van der Waals surface area contributed by atoms with Gasteiger partial charge in [0.05, 0.1) is 12.7 Å². The van der Waals surface area contributed by atoms with Crippen LogP contribution in [0.5, 0.6) is 11.5 Å². The van der Waals surface area contributed by atoms with Gasteiger partial charge >= 0.3 is 11.9 Å². The van der Waals surface area contributed by atoms with Gasteiger partial charge in [0.25, 0.3) is 5.91 Å². The Bertz CT molecular complexity index is 1090. The molecule has 1 aliphatic heterocycles. The Morgan fingerprint density at radius 1 is 1.13 bits per heavy atom. The first-order valence-corrected chi connectivity index (χ1v) is 13.5. The van der Waals surface area contributed by atoms with E-state index in [0.29, 0.717) is 37.9 Å². The van der Waals surface area contributed by atoms with Crippen LogP contribution in [0.1, 0.15) is 79.6 Å². The second-order valence-electron chi connectivity index (χ2n) is 9.52. The molecule has 0 spiro atoms. The van der Waals surface area contributed by atoms with E-state index in [2.05, 4.69) is 17.2 Å². The number of unbranched alkanes of at least 4 members (excludes halogenated alkanes) is 2. The molecule has 4 atom stereocenters. The highest BCUT2D eigenvalue weighted by molar-refractivity contribution is 5.98. The number of benzene rings is 1. The molecule has 1 aliphatic rings. The van der Waals surface area contributed by atoms with E-state index in [0.717, 1.165) is 19.3 Å². The monoisotopic (exact) mass is 542 g/mol. The molecule has 1 aromatic carbocycles. The number of pyridine rings is 1. The lowest BCUT2D eigenvalue weighted by Crippen LogP contribution is -2.48. The number of cyclic esters (lactones) is 1. The molecular weight excluding hydrogens is 504 g/mol. The zero-order valence-corrected chi connectivity index (χ0v) is 22.8. The van der Waals surface area contributed by atoms with Crippen LogP contribution in [0.2, 0.25) is 0 Å². The summed E-state index contributed by atoms with van der Waals surface area (Å²) in [5.74, 6) is -2.15. The lowest BCUT2D eigenvalue weighted by atomic mass is 9.98. The number of esters is 2. The van der Waals surface area contributed by atoms with Crippen LogP contribution < -0.4 is 10.1 Å². The van der Waals surface area contributed by atoms with Crippen LogP contribution in [0.4, 0.5) is 0 Å². The van der Waals surface area contributed by atoms with Crippen molar-refractivity contribution < 1.29 is 38.4 Å². The Kier molecular flexibility index (Phi) is 11.5. The molecule has 0 bridgehead atoms. The summed E-state index contributed by atoms with van der Waals surface area (Å²) in [5.41, 5.74) is 0.179. The van der Waals surface area contributed by atoms with Crippen LogP contribution >= 0.6 is 0 Å². The van der Waals surface area contributed by atoms with Gasteiger partial charge in [0, 0.05) is 18.9 Å². The fourth-order valence-electron chi connectivity index (χ4n) is 4.46. The number of carbonyl (C=O) groups is 3. The Morgan fingerprint density at radius 3 is 2.59 bits per heavy atom. The smallest absolute Gasteiger partial charge is 0.338 e. The largest absolute Gasteiger partial charge is 0.503 e. The summed E-state index contributed by atoms with van der Waals surface area (Å²) in [5, 5.41) is 12.9. The summed E-state index contributed by atoms with van der Waals surface area (Å²) in [6, 6.07) is 9.19. The molecule has 10 nitrogen and oxygen atoms in total. The number of aromatic nitrogens is 1. The zero-order valence-electron chi connectivity index (χ0n) is 22.8. The third-order valence-corrected chi connectivity index (χ3v) is 6.60. The molecule has 212 valence electrons. The van der Waals surface area contributed by atoms with E-state index in [1.54, 1.807) is 31.2 Å². The van der Waals surface area contributed by atoms with Gasteiger partial charge in [-0.2, -0.15) is 0 Å². The summed E-state index contributed by atoms with van der Waals surface area (Å²) in [7, 11) is 1.36. The molecule has 2 aromatic rings. The number of aromatic hydroxyl groups is 1. The van der Waals surface area contributed by atoms with Crippen molar-refractivity contribution in [1.29, 1.82) is 0 Å². The van der Waals surface area contributed by atoms with E-state index >= 15 is 0 Å². The fourth-order valence-corrected chi connectivity index (χ4v) is 4.46. The molecule has 2 heterocycles. The Labute approximate surface area is 229 Å². The molecule has 0 unspecified atom stereocenters. The van der Waals surface area contributed by atoms with Crippen molar-refractivity contribution in [3.63, 3.8) is 0 Å². The van der Waals surface area contributed by atoms with E-state index in [1.807, 2.05) is 6.07 Å². The first-order valence-electron chi connectivity index (χ1n) is 13.5. The summed E-state index contributed by atoms with van der Waals surface area (Å²) < 4.78 is 22.9. The van der Waals surface area contributed by atoms with Gasteiger partial charge < -0.3 is 29.4 Å². The van der Waals surface area contributed by atoms with Crippen molar-refractivity contribution in [2.45, 2.75) is 83.1 Å². The maximum atomic E-state index is 13.2. The Balaban J connectivity index is 1.75. The predicted octanol–water partition coefficient (Wildman–Crippen LogP) is 4.20. The number of ether oxygens (including phenoxy) is 4. The molecule has 2 N–H and O–H groups in total. The van der Waals surface area contributed by atoms with Gasteiger partial charge in [-0.05, 0) is 44.7 Å². The molecule has 1 aromatic heterocycles. The van der Waals surface area contributed by atoms with E-state index < -0.39 is 47.9 Å². The molecule has 1 amide bonds. The summed E-state index contributed by atoms with van der Waals surface area (Å²) in [4.78, 5) is 42.9. The van der Waals surface area contributed by atoms with Crippen LogP contribution in [0, 0.1) is 0 Å². The first kappa shape index (κ1) is 29.9. The average molecular weight is 543 g/mol. The predicted molar refractivity (Wildman–Crippen MR) is 143 cm³/mol. The number of hydrogen-bond donors (Lipinski definition) is 2. The molecule has 0 aliphatic carbocycles. The number of rotatable bonds is 10. The van der Waals surface area contributed by atoms with Gasteiger partial charge in [-0.1, -0.05) is 44.4 Å². The minimum absolute atomic E-state index is 0.0939. The SMILES string of the molecule is CCCCCO[C@H]1[C@H](C)OC(=O)[C@@H](NC(=O)c2nccc(OC)c2O)CCCC[C@@H]1OC(=O)c1ccccc1. The van der Waals surface area contributed by atoms with Gasteiger partial charge in [0.2, 0.25) is 0 Å². The van der Waals surface area contributed by atoms with Gasteiger partial charge in [-0.15, -0.1) is 0 Å². The molecule has 0 saturated carbocycles. The van der Waals surface area contributed by atoms with Crippen LogP contribution in [0.3, 0.4) is 0 Å². The maximum Gasteiger partial charge on any atom is 0.338 e. The number of amides is 1. The van der Waals surface area contributed by atoms with Crippen LogP contribution in [-0.4, -0.2) is 66.0 Å². The van der Waals surface area contributed by atoms with Crippen LogP contribution in [0.25, 0.3) is 0 Å². The average Bonchev–Trinajstić information content (AvgIpc) is 2.94. The third-order valence-electron chi connectivity index (χ3n) is 6.60. The van der Waals surface area contributed by atoms with E-state index in [-0.39, 0.29) is 11.4 Å². The highest BCUT2D eigenvalue weighted by Gasteiger charge is 2.36. The van der Waals surface area contributed by atoms with Crippen molar-refractivity contribution in [3.8, 4) is 11.5 Å². The number of nitrogens with one attached hydrogen (secondary N) is 1. The molecule has 39 heavy (non-hydrogen) atoms. The van der Waals surface area contributed by atoms with Crippen LogP contribution in [-0.2, 0) is 19.0 Å². The first-order chi connectivity index (χ1) is 18.8. The van der Waals surface area contributed by atoms with Crippen molar-refractivity contribution >= 4 is 17.8 Å². The van der Waals surface area contributed by atoms with Gasteiger partial charge in [-0.3, -0.25) is 4.79 Å². The highest BCUT2D eigenvalue weighted by Crippen LogP contribution is 2.28. The van der Waals surface area contributed by atoms with Crippen molar-refractivity contribution in [1.82, 2.24) is 10.3 Å². The minimum atomic E-state index is -0.962. The number of nitrogens with zero attached hydrogens (tertiary/aromatic N) is 1. The molecular formula is C29H38N2O8. The lowest BCUT2D eigenvalue weighted by molar-refractivity contribution is -0.167. The van der Waals surface area contributed by atoms with Gasteiger partial charge in [-0.25, -0.2) is 14.6 Å². The molecule has 10 heteroatoms. The summed E-state index contributed by atoms with van der Waals surface area (Å²) >= 11 is 0. The Hall–Kier alpha value is -3.66. The molecule has 0 radical (unpaired) electrons. The van der Waals surface area contributed by atoms with E-state index in [1.165, 1.54) is 19.4 Å². The van der Waals surface area contributed by atoms with Gasteiger partial charge in [0.1, 0.15) is 24.4 Å². The normalized spacial score (nSPS) is 21.9. The maximum absolute atomic E-state index is 13.2. The second-order valence-corrected chi connectivity index (χ2v) is 9.52. The summed E-state index contributed by atoms with van der Waals surface area (Å²) in [6.45, 7) is 4.22. The lowest BCUT2D eigenvalue weighted by Gasteiger charge is -2.33. The van der Waals surface area contributed by atoms with Crippen molar-refractivity contribution in [2.24, 2.45) is 0 Å². The van der Waals surface area contributed by atoms with Gasteiger partial charge in [0.15, 0.2) is 17.2 Å².